The molecule has 3 aliphatic heterocycles. The molecule has 1 aliphatic carbocycles. The summed E-state index contributed by atoms with van der Waals surface area (Å²) in [6, 6.07) is 0.629. The number of rotatable bonds is 8. The summed E-state index contributed by atoms with van der Waals surface area (Å²) in [6.07, 6.45) is 15.8. The van der Waals surface area contributed by atoms with Crippen LogP contribution in [0.25, 0.3) is 0 Å². The number of allylic oxidation sites excluding steroid dienone is 1. The van der Waals surface area contributed by atoms with Gasteiger partial charge in [0.05, 0.1) is 0 Å². The van der Waals surface area contributed by atoms with E-state index in [9.17, 15) is 9.90 Å². The molecule has 4 aliphatic rings. The zero-order valence-corrected chi connectivity index (χ0v) is 20.8. The molecule has 188 valence electrons. The smallest absolute Gasteiger partial charge is 0.288 e. The zero-order valence-electron chi connectivity index (χ0n) is 20.8. The van der Waals surface area contributed by atoms with E-state index in [4.69, 9.17) is 9.47 Å². The second-order valence-electron chi connectivity index (χ2n) is 10.6. The number of carbonyl (C=O) groups is 1. The molecule has 0 unspecified atom stereocenters. The molecule has 33 heavy (non-hydrogen) atoms. The van der Waals surface area contributed by atoms with E-state index in [1.54, 1.807) is 0 Å². The van der Waals surface area contributed by atoms with Gasteiger partial charge in [-0.2, -0.15) is 0 Å². The van der Waals surface area contributed by atoms with E-state index in [-0.39, 0.29) is 24.7 Å². The monoisotopic (exact) mass is 462 g/mol. The van der Waals surface area contributed by atoms with Crippen LogP contribution in [0.3, 0.4) is 0 Å². The third-order valence-corrected chi connectivity index (χ3v) is 8.52. The summed E-state index contributed by atoms with van der Waals surface area (Å²) in [5.41, 5.74) is 0. The van der Waals surface area contributed by atoms with Crippen LogP contribution in [0, 0.1) is 17.8 Å². The first kappa shape index (κ1) is 25.0. The van der Waals surface area contributed by atoms with Crippen LogP contribution in [-0.2, 0) is 14.3 Å². The molecule has 0 bridgehead atoms. The van der Waals surface area contributed by atoms with Gasteiger partial charge in [-0.3, -0.25) is 4.79 Å². The topological polar surface area (TPSA) is 62.2 Å². The summed E-state index contributed by atoms with van der Waals surface area (Å²) in [4.78, 5) is 18.2. The van der Waals surface area contributed by atoms with E-state index < -0.39 is 0 Å². The van der Waals surface area contributed by atoms with Crippen molar-refractivity contribution >= 4 is 5.91 Å². The lowest BCUT2D eigenvalue weighted by atomic mass is 9.71. The maximum Gasteiger partial charge on any atom is 0.288 e. The Hall–Kier alpha value is -1.11. The van der Waals surface area contributed by atoms with E-state index in [0.717, 1.165) is 38.8 Å². The molecule has 3 fully saturated rings. The molecule has 2 saturated heterocycles. The number of hydrogen-bond donors (Lipinski definition) is 1. The van der Waals surface area contributed by atoms with Crippen LogP contribution < -0.4 is 0 Å². The molecule has 0 aromatic heterocycles. The van der Waals surface area contributed by atoms with Gasteiger partial charge in [0.25, 0.3) is 5.91 Å². The lowest BCUT2D eigenvalue weighted by Crippen LogP contribution is -2.49. The maximum atomic E-state index is 13.6. The summed E-state index contributed by atoms with van der Waals surface area (Å²) >= 11 is 0. The second kappa shape index (κ2) is 12.6. The fourth-order valence-electron chi connectivity index (χ4n) is 6.71. The van der Waals surface area contributed by atoms with Crippen molar-refractivity contribution in [3.8, 4) is 0 Å². The highest BCUT2D eigenvalue weighted by Crippen LogP contribution is 2.42. The Morgan fingerprint density at radius 2 is 1.73 bits per heavy atom. The number of piperidine rings is 2. The summed E-state index contributed by atoms with van der Waals surface area (Å²) < 4.78 is 12.3. The number of nitrogens with zero attached hydrogens (tertiary/aromatic N) is 2. The molecule has 4 rings (SSSR count). The molecule has 1 N–H and O–H groups in total. The van der Waals surface area contributed by atoms with Crippen molar-refractivity contribution < 1.29 is 19.4 Å². The lowest BCUT2D eigenvalue weighted by molar-refractivity contribution is -0.180. The largest absolute Gasteiger partial charge is 0.459 e. The van der Waals surface area contributed by atoms with Crippen molar-refractivity contribution in [1.29, 1.82) is 0 Å². The van der Waals surface area contributed by atoms with Crippen LogP contribution in [0.5, 0.6) is 0 Å². The minimum Gasteiger partial charge on any atom is -0.459 e. The molecule has 1 saturated carbocycles. The third kappa shape index (κ3) is 6.32. The van der Waals surface area contributed by atoms with Gasteiger partial charge in [-0.1, -0.05) is 25.7 Å². The zero-order chi connectivity index (χ0) is 23.0. The first-order valence-electron chi connectivity index (χ1n) is 13.9. The van der Waals surface area contributed by atoms with Gasteiger partial charge in [0.15, 0.2) is 5.76 Å². The summed E-state index contributed by atoms with van der Waals surface area (Å²) in [7, 11) is 0. The van der Waals surface area contributed by atoms with Crippen LogP contribution in [-0.4, -0.2) is 72.5 Å². The lowest BCUT2D eigenvalue weighted by Gasteiger charge is -2.43. The standard InChI is InChI=1S/C27H46N2O4/c1-2-32-27-23(12-9-19-30)24(21-10-5-3-6-11-21)20-25(33-27)26(31)29-17-13-22(14-18-29)28-15-7-4-8-16-28/h20-24,27,30H,2-19H2,1H3/t23-,24+,27+/m0/s1. The van der Waals surface area contributed by atoms with Gasteiger partial charge in [-0.15, -0.1) is 0 Å². The highest BCUT2D eigenvalue weighted by atomic mass is 16.7. The average molecular weight is 463 g/mol. The van der Waals surface area contributed by atoms with E-state index in [1.165, 1.54) is 64.5 Å². The molecule has 0 radical (unpaired) electrons. The summed E-state index contributed by atoms with van der Waals surface area (Å²) in [5.74, 6) is 1.66. The van der Waals surface area contributed by atoms with Gasteiger partial charge in [-0.05, 0) is 89.3 Å². The van der Waals surface area contributed by atoms with Gasteiger partial charge >= 0.3 is 0 Å². The first-order valence-corrected chi connectivity index (χ1v) is 13.9. The molecule has 6 heteroatoms. The van der Waals surface area contributed by atoms with Crippen LogP contribution in [0.15, 0.2) is 11.8 Å². The number of hydrogen-bond acceptors (Lipinski definition) is 5. The number of aliphatic hydroxyl groups is 1. The molecule has 0 aromatic rings. The quantitative estimate of drug-likeness (QED) is 0.582. The predicted octanol–water partition coefficient (Wildman–Crippen LogP) is 4.33. The number of amides is 1. The molecule has 0 aromatic carbocycles. The Morgan fingerprint density at radius 3 is 2.39 bits per heavy atom. The second-order valence-corrected chi connectivity index (χ2v) is 10.6. The Labute approximate surface area is 200 Å². The molecule has 1 amide bonds. The third-order valence-electron chi connectivity index (χ3n) is 8.52. The van der Waals surface area contributed by atoms with Gasteiger partial charge < -0.3 is 24.4 Å². The average Bonchev–Trinajstić information content (AvgIpc) is 2.88. The Morgan fingerprint density at radius 1 is 1.03 bits per heavy atom. The molecule has 3 atom stereocenters. The van der Waals surface area contributed by atoms with E-state index in [1.807, 2.05) is 11.8 Å². The highest BCUT2D eigenvalue weighted by Gasteiger charge is 2.42. The Balaban J connectivity index is 1.45. The summed E-state index contributed by atoms with van der Waals surface area (Å²) in [5, 5.41) is 9.47. The van der Waals surface area contributed by atoms with Crippen LogP contribution >= 0.6 is 0 Å². The molecule has 6 nitrogen and oxygen atoms in total. The SMILES string of the molecule is CCO[C@@H]1OC(C(=O)N2CCC(N3CCCCC3)CC2)=C[C@H](C2CCCCC2)[C@@H]1CCCO. The van der Waals surface area contributed by atoms with Crippen LogP contribution in [0.4, 0.5) is 0 Å². The normalized spacial score (nSPS) is 30.7. The minimum absolute atomic E-state index is 0.0539. The molecule has 3 heterocycles. The fourth-order valence-corrected chi connectivity index (χ4v) is 6.71. The van der Waals surface area contributed by atoms with Crippen LogP contribution in [0.2, 0.25) is 0 Å². The first-order chi connectivity index (χ1) is 16.2. The van der Waals surface area contributed by atoms with Gasteiger partial charge in [0.2, 0.25) is 6.29 Å². The van der Waals surface area contributed by atoms with Gasteiger partial charge in [0.1, 0.15) is 0 Å². The Bertz CT molecular complexity index is 634. The van der Waals surface area contributed by atoms with Crippen molar-refractivity contribution in [3.63, 3.8) is 0 Å². The number of likely N-dealkylation sites (tertiary alicyclic amines) is 2. The van der Waals surface area contributed by atoms with Crippen LogP contribution in [0.1, 0.15) is 84.0 Å². The van der Waals surface area contributed by atoms with Crippen molar-refractivity contribution in [2.24, 2.45) is 17.8 Å². The highest BCUT2D eigenvalue weighted by molar-refractivity contribution is 5.91. The van der Waals surface area contributed by atoms with E-state index in [2.05, 4.69) is 11.0 Å². The number of ether oxygens (including phenoxy) is 2. The fraction of sp³-hybridized carbons (Fsp3) is 0.889. The van der Waals surface area contributed by atoms with Crippen molar-refractivity contribution in [2.75, 3.05) is 39.4 Å². The molecular formula is C27H46N2O4. The number of carbonyl (C=O) groups excluding carboxylic acids is 1. The molecule has 0 spiro atoms. The summed E-state index contributed by atoms with van der Waals surface area (Å²) in [6.45, 7) is 6.84. The van der Waals surface area contributed by atoms with Crippen molar-refractivity contribution in [1.82, 2.24) is 9.80 Å². The van der Waals surface area contributed by atoms with Crippen molar-refractivity contribution in [2.45, 2.75) is 96.3 Å². The minimum atomic E-state index is -0.386. The molecular weight excluding hydrogens is 416 g/mol. The maximum absolute atomic E-state index is 13.6. The predicted molar refractivity (Wildman–Crippen MR) is 129 cm³/mol. The Kier molecular flexibility index (Phi) is 9.51. The van der Waals surface area contributed by atoms with Gasteiger partial charge in [0, 0.05) is 38.3 Å². The number of aliphatic hydroxyl groups excluding tert-OH is 1. The van der Waals surface area contributed by atoms with Gasteiger partial charge in [-0.25, -0.2) is 0 Å². The van der Waals surface area contributed by atoms with E-state index in [0.29, 0.717) is 30.2 Å². The van der Waals surface area contributed by atoms with E-state index >= 15 is 0 Å². The van der Waals surface area contributed by atoms with Crippen molar-refractivity contribution in [3.05, 3.63) is 11.8 Å².